The van der Waals surface area contributed by atoms with Crippen molar-refractivity contribution in [2.75, 3.05) is 6.54 Å². The van der Waals surface area contributed by atoms with Gasteiger partial charge in [-0.25, -0.2) is 18.4 Å². The highest BCUT2D eigenvalue weighted by Crippen LogP contribution is 2.45. The van der Waals surface area contributed by atoms with E-state index < -0.39 is 38.4 Å². The SMILES string of the molecule is N#CC1(c2cc(CS(=O)(=O)c3cc(Br)ccc3O)c(O)c(C(=O)NC3=NCC=N3)c2)CCC1. The predicted molar refractivity (Wildman–Crippen MR) is 124 cm³/mol. The number of guanidine groups is 1. The second-order valence-corrected chi connectivity index (χ2v) is 10.8. The molecule has 1 amide bonds. The number of nitriles is 1. The van der Waals surface area contributed by atoms with Gasteiger partial charge in [0.25, 0.3) is 5.91 Å². The van der Waals surface area contributed by atoms with Crippen LogP contribution in [0, 0.1) is 11.3 Å². The number of halogens is 1. The van der Waals surface area contributed by atoms with Crippen LogP contribution in [0.4, 0.5) is 0 Å². The maximum Gasteiger partial charge on any atom is 0.261 e. The Balaban J connectivity index is 1.80. The van der Waals surface area contributed by atoms with Crippen LogP contribution in [-0.2, 0) is 21.0 Å². The van der Waals surface area contributed by atoms with Crippen LogP contribution < -0.4 is 5.32 Å². The number of hydrogen-bond acceptors (Lipinski definition) is 8. The van der Waals surface area contributed by atoms with Gasteiger partial charge in [0.15, 0.2) is 9.84 Å². The van der Waals surface area contributed by atoms with Gasteiger partial charge < -0.3 is 10.2 Å². The molecule has 0 spiro atoms. The van der Waals surface area contributed by atoms with Crippen molar-refractivity contribution in [3.8, 4) is 17.6 Å². The summed E-state index contributed by atoms with van der Waals surface area (Å²) < 4.78 is 26.7. The Labute approximate surface area is 198 Å². The summed E-state index contributed by atoms with van der Waals surface area (Å²) >= 11 is 3.19. The number of phenols is 2. The maximum atomic E-state index is 13.1. The molecule has 0 aromatic heterocycles. The molecule has 170 valence electrons. The number of carbonyl (C=O) groups is 1. The first-order chi connectivity index (χ1) is 15.6. The number of hydrogen-bond donors (Lipinski definition) is 3. The van der Waals surface area contributed by atoms with Crippen LogP contribution in [0.15, 0.2) is 49.7 Å². The third kappa shape index (κ3) is 4.36. The van der Waals surface area contributed by atoms with Crippen LogP contribution in [0.2, 0.25) is 0 Å². The topological polar surface area (TPSA) is 152 Å². The fourth-order valence-electron chi connectivity index (χ4n) is 3.80. The lowest BCUT2D eigenvalue weighted by Gasteiger charge is -2.36. The van der Waals surface area contributed by atoms with Crippen molar-refractivity contribution < 1.29 is 23.4 Å². The highest BCUT2D eigenvalue weighted by atomic mass is 79.9. The van der Waals surface area contributed by atoms with E-state index in [1.54, 1.807) is 0 Å². The first-order valence-corrected chi connectivity index (χ1v) is 12.5. The Morgan fingerprint density at radius 1 is 1.24 bits per heavy atom. The minimum atomic E-state index is -4.11. The summed E-state index contributed by atoms with van der Waals surface area (Å²) in [6.45, 7) is 0.318. The monoisotopic (exact) mass is 530 g/mol. The Hall–Kier alpha value is -3.23. The van der Waals surface area contributed by atoms with Gasteiger partial charge >= 0.3 is 0 Å². The van der Waals surface area contributed by atoms with E-state index in [9.17, 15) is 28.7 Å². The molecular formula is C22H19BrN4O5S. The molecule has 2 aliphatic rings. The van der Waals surface area contributed by atoms with Gasteiger partial charge in [-0.05, 0) is 55.2 Å². The second kappa shape index (κ2) is 8.61. The summed E-state index contributed by atoms with van der Waals surface area (Å²) in [5.41, 5.74) is -0.625. The summed E-state index contributed by atoms with van der Waals surface area (Å²) in [6, 6.07) is 9.14. The quantitative estimate of drug-likeness (QED) is 0.540. The zero-order valence-electron chi connectivity index (χ0n) is 17.2. The Kier molecular flexibility index (Phi) is 5.99. The molecule has 0 unspecified atom stereocenters. The number of carbonyl (C=O) groups excluding carboxylic acids is 1. The second-order valence-electron chi connectivity index (χ2n) is 7.88. The van der Waals surface area contributed by atoms with Crippen LogP contribution in [0.1, 0.15) is 40.7 Å². The Morgan fingerprint density at radius 3 is 2.61 bits per heavy atom. The Morgan fingerprint density at radius 2 is 2.00 bits per heavy atom. The molecule has 11 heteroatoms. The molecule has 4 rings (SSSR count). The van der Waals surface area contributed by atoms with Crippen molar-refractivity contribution >= 4 is 43.8 Å². The standard InChI is InChI=1S/C22H19BrN4O5S/c23-15-2-3-17(28)18(10-15)33(31,32)11-13-8-14(22(12-24)4-1-5-22)9-16(19(13)29)20(30)27-21-25-6-7-26-21/h2-3,6,8-10,28-29H,1,4-5,7,11H2,(H,26,27,30). The molecule has 33 heavy (non-hydrogen) atoms. The van der Waals surface area contributed by atoms with Gasteiger partial charge in [0.2, 0.25) is 5.96 Å². The first-order valence-electron chi connectivity index (χ1n) is 10.0. The normalized spacial score (nSPS) is 16.5. The van der Waals surface area contributed by atoms with E-state index >= 15 is 0 Å². The molecule has 1 aliphatic carbocycles. The van der Waals surface area contributed by atoms with Gasteiger partial charge in [-0.3, -0.25) is 10.1 Å². The predicted octanol–water partition coefficient (Wildman–Crippen LogP) is 2.95. The highest BCUT2D eigenvalue weighted by Gasteiger charge is 2.40. The molecule has 0 radical (unpaired) electrons. The van der Waals surface area contributed by atoms with Crippen molar-refractivity contribution in [2.24, 2.45) is 9.98 Å². The molecule has 1 heterocycles. The lowest BCUT2D eigenvalue weighted by atomic mass is 9.65. The zero-order valence-corrected chi connectivity index (χ0v) is 19.6. The number of benzene rings is 2. The van der Waals surface area contributed by atoms with Crippen molar-refractivity contribution in [3.63, 3.8) is 0 Å². The third-order valence-electron chi connectivity index (χ3n) is 5.77. The van der Waals surface area contributed by atoms with Gasteiger partial charge in [-0.15, -0.1) is 0 Å². The number of aromatic hydroxyl groups is 2. The van der Waals surface area contributed by atoms with Crippen LogP contribution in [0.25, 0.3) is 0 Å². The highest BCUT2D eigenvalue weighted by molar-refractivity contribution is 9.10. The minimum absolute atomic E-state index is 0.0459. The zero-order chi connectivity index (χ0) is 23.8. The number of nitrogens with one attached hydrogen (secondary N) is 1. The van der Waals surface area contributed by atoms with Gasteiger partial charge in [-0.2, -0.15) is 5.26 Å². The van der Waals surface area contributed by atoms with Gasteiger partial charge in [-0.1, -0.05) is 15.9 Å². The van der Waals surface area contributed by atoms with E-state index in [-0.39, 0.29) is 22.0 Å². The molecule has 2 aromatic carbocycles. The van der Waals surface area contributed by atoms with Crippen LogP contribution in [-0.4, -0.2) is 43.3 Å². The molecule has 9 nitrogen and oxygen atoms in total. The van der Waals surface area contributed by atoms with Crippen molar-refractivity contribution in [2.45, 2.75) is 35.3 Å². The van der Waals surface area contributed by atoms with Crippen LogP contribution >= 0.6 is 15.9 Å². The lowest BCUT2D eigenvalue weighted by molar-refractivity contribution is 0.0973. The number of aliphatic imine (C=N–C) groups is 2. The summed E-state index contributed by atoms with van der Waals surface area (Å²) in [5, 5.41) is 33.2. The van der Waals surface area contributed by atoms with E-state index in [4.69, 9.17) is 0 Å². The molecular weight excluding hydrogens is 512 g/mol. The maximum absolute atomic E-state index is 13.1. The summed E-state index contributed by atoms with van der Waals surface area (Å²) in [5.74, 6) is -2.28. The number of rotatable bonds is 5. The molecule has 2 aromatic rings. The van der Waals surface area contributed by atoms with Crippen molar-refractivity contribution in [1.29, 1.82) is 5.26 Å². The molecule has 1 fully saturated rings. The van der Waals surface area contributed by atoms with E-state index in [2.05, 4.69) is 37.3 Å². The smallest absolute Gasteiger partial charge is 0.261 e. The largest absolute Gasteiger partial charge is 0.507 e. The van der Waals surface area contributed by atoms with Crippen LogP contribution in [0.3, 0.4) is 0 Å². The van der Waals surface area contributed by atoms with Crippen molar-refractivity contribution in [3.05, 3.63) is 51.5 Å². The fraction of sp³-hybridized carbons (Fsp3) is 0.273. The average Bonchev–Trinajstić information content (AvgIpc) is 3.24. The number of sulfone groups is 1. The summed E-state index contributed by atoms with van der Waals surface area (Å²) in [6.07, 6.45) is 3.45. The van der Waals surface area contributed by atoms with Gasteiger partial charge in [0.05, 0.1) is 29.3 Å². The molecule has 3 N–H and O–H groups in total. The summed E-state index contributed by atoms with van der Waals surface area (Å²) in [4.78, 5) is 20.5. The minimum Gasteiger partial charge on any atom is -0.507 e. The van der Waals surface area contributed by atoms with Gasteiger partial charge in [0.1, 0.15) is 16.4 Å². The van der Waals surface area contributed by atoms with E-state index in [1.807, 2.05) is 0 Å². The number of phenolic OH excluding ortho intramolecular Hbond substituents is 2. The van der Waals surface area contributed by atoms with E-state index in [0.717, 1.165) is 6.42 Å². The molecule has 0 saturated heterocycles. The Bertz CT molecular complexity index is 1360. The first kappa shape index (κ1) is 22.9. The number of amides is 1. The van der Waals surface area contributed by atoms with E-state index in [0.29, 0.717) is 29.4 Å². The fourth-order valence-corrected chi connectivity index (χ4v) is 5.80. The van der Waals surface area contributed by atoms with Crippen molar-refractivity contribution in [1.82, 2.24) is 5.32 Å². The molecule has 0 bridgehead atoms. The summed E-state index contributed by atoms with van der Waals surface area (Å²) in [7, 11) is -4.11. The third-order valence-corrected chi connectivity index (χ3v) is 7.95. The lowest BCUT2D eigenvalue weighted by Crippen LogP contribution is -2.34. The number of nitrogens with zero attached hydrogens (tertiary/aromatic N) is 3. The molecule has 1 aliphatic heterocycles. The molecule has 1 saturated carbocycles. The van der Waals surface area contributed by atoms with Crippen LogP contribution in [0.5, 0.6) is 11.5 Å². The van der Waals surface area contributed by atoms with E-state index in [1.165, 1.54) is 36.5 Å². The molecule has 0 atom stereocenters. The average molecular weight is 531 g/mol. The van der Waals surface area contributed by atoms with Gasteiger partial charge in [0, 0.05) is 16.3 Å².